The molecule has 3 N–H and O–H groups in total. The van der Waals surface area contributed by atoms with Crippen molar-refractivity contribution in [3.63, 3.8) is 0 Å². The SMILES string of the molecule is NS(=O)(=O)c1ccc(OCCC(=O)O)cc1Cl. The zero-order chi connectivity index (χ0) is 13.1. The van der Waals surface area contributed by atoms with Crippen LogP contribution in [0.25, 0.3) is 0 Å². The number of primary sulfonamides is 1. The van der Waals surface area contributed by atoms with E-state index in [4.69, 9.17) is 26.6 Å². The van der Waals surface area contributed by atoms with Gasteiger partial charge in [-0.05, 0) is 12.1 Å². The average molecular weight is 280 g/mol. The first-order valence-corrected chi connectivity index (χ1v) is 6.40. The number of hydrogen-bond donors (Lipinski definition) is 2. The highest BCUT2D eigenvalue weighted by atomic mass is 35.5. The van der Waals surface area contributed by atoms with Crippen molar-refractivity contribution < 1.29 is 23.1 Å². The normalized spacial score (nSPS) is 11.2. The van der Waals surface area contributed by atoms with Crippen LogP contribution in [0.5, 0.6) is 5.75 Å². The fraction of sp³-hybridized carbons (Fsp3) is 0.222. The van der Waals surface area contributed by atoms with Crippen LogP contribution in [0.2, 0.25) is 5.02 Å². The fourth-order valence-corrected chi connectivity index (χ4v) is 2.14. The van der Waals surface area contributed by atoms with Crippen molar-refractivity contribution in [1.82, 2.24) is 0 Å². The summed E-state index contributed by atoms with van der Waals surface area (Å²) in [4.78, 5) is 10.0. The molecule has 1 aromatic carbocycles. The summed E-state index contributed by atoms with van der Waals surface area (Å²) in [7, 11) is -3.87. The topological polar surface area (TPSA) is 107 Å². The molecule has 0 saturated carbocycles. The quantitative estimate of drug-likeness (QED) is 0.830. The van der Waals surface area contributed by atoms with E-state index in [9.17, 15) is 13.2 Å². The number of nitrogens with two attached hydrogens (primary N) is 1. The smallest absolute Gasteiger partial charge is 0.306 e. The number of carboxylic acid groups (broad SMARTS) is 1. The van der Waals surface area contributed by atoms with E-state index in [1.807, 2.05) is 0 Å². The highest BCUT2D eigenvalue weighted by Crippen LogP contribution is 2.25. The lowest BCUT2D eigenvalue weighted by molar-refractivity contribution is -0.137. The molecule has 0 fully saturated rings. The zero-order valence-electron chi connectivity index (χ0n) is 8.59. The molecule has 0 unspecified atom stereocenters. The molecule has 1 rings (SSSR count). The van der Waals surface area contributed by atoms with E-state index in [1.54, 1.807) is 0 Å². The van der Waals surface area contributed by atoms with Gasteiger partial charge in [0.25, 0.3) is 0 Å². The van der Waals surface area contributed by atoms with E-state index in [1.165, 1.54) is 18.2 Å². The molecule has 0 aromatic heterocycles. The number of sulfonamides is 1. The molecule has 94 valence electrons. The lowest BCUT2D eigenvalue weighted by Crippen LogP contribution is -2.12. The summed E-state index contributed by atoms with van der Waals surface area (Å²) in [6, 6.07) is 3.82. The molecule has 6 nitrogen and oxygen atoms in total. The number of aliphatic carboxylic acids is 1. The molecule has 0 saturated heterocycles. The molecular weight excluding hydrogens is 270 g/mol. The molecule has 0 atom stereocenters. The Morgan fingerprint density at radius 1 is 1.47 bits per heavy atom. The average Bonchev–Trinajstić information content (AvgIpc) is 2.14. The van der Waals surface area contributed by atoms with Crippen LogP contribution in [-0.4, -0.2) is 26.1 Å². The van der Waals surface area contributed by atoms with Gasteiger partial charge in [0.15, 0.2) is 0 Å². The monoisotopic (exact) mass is 279 g/mol. The van der Waals surface area contributed by atoms with Crippen LogP contribution in [-0.2, 0) is 14.8 Å². The summed E-state index contributed by atoms with van der Waals surface area (Å²) in [6.45, 7) is -0.0274. The van der Waals surface area contributed by atoms with Gasteiger partial charge < -0.3 is 9.84 Å². The Hall–Kier alpha value is -1.31. The van der Waals surface area contributed by atoms with Gasteiger partial charge in [0.05, 0.1) is 18.1 Å². The maximum absolute atomic E-state index is 11.0. The van der Waals surface area contributed by atoms with Crippen LogP contribution in [0.15, 0.2) is 23.1 Å². The van der Waals surface area contributed by atoms with Crippen molar-refractivity contribution in [2.45, 2.75) is 11.3 Å². The Kier molecular flexibility index (Phi) is 4.33. The fourth-order valence-electron chi connectivity index (χ4n) is 1.06. The van der Waals surface area contributed by atoms with Crippen molar-refractivity contribution in [2.24, 2.45) is 5.14 Å². The predicted molar refractivity (Wildman–Crippen MR) is 60.6 cm³/mol. The van der Waals surface area contributed by atoms with Gasteiger partial charge in [0, 0.05) is 6.07 Å². The summed E-state index contributed by atoms with van der Waals surface area (Å²) in [5, 5.41) is 13.2. The maximum atomic E-state index is 11.0. The number of benzene rings is 1. The number of ether oxygens (including phenoxy) is 1. The van der Waals surface area contributed by atoms with Gasteiger partial charge in [-0.15, -0.1) is 0 Å². The first kappa shape index (κ1) is 13.8. The van der Waals surface area contributed by atoms with Crippen LogP contribution in [0.3, 0.4) is 0 Å². The third kappa shape index (κ3) is 4.22. The van der Waals surface area contributed by atoms with Gasteiger partial charge in [0.1, 0.15) is 10.6 Å². The largest absolute Gasteiger partial charge is 0.493 e. The van der Waals surface area contributed by atoms with Crippen LogP contribution in [0, 0.1) is 0 Å². The van der Waals surface area contributed by atoms with E-state index >= 15 is 0 Å². The summed E-state index contributed by atoms with van der Waals surface area (Å²) in [5.74, 6) is -0.707. The Balaban J connectivity index is 2.79. The van der Waals surface area contributed by atoms with Crippen molar-refractivity contribution in [1.29, 1.82) is 0 Å². The Morgan fingerprint density at radius 3 is 2.59 bits per heavy atom. The summed E-state index contributed by atoms with van der Waals surface area (Å²) >= 11 is 5.70. The van der Waals surface area contributed by atoms with Crippen molar-refractivity contribution in [3.05, 3.63) is 23.2 Å². The predicted octanol–water partition coefficient (Wildman–Crippen LogP) is 0.841. The van der Waals surface area contributed by atoms with Gasteiger partial charge in [-0.25, -0.2) is 13.6 Å². The highest BCUT2D eigenvalue weighted by molar-refractivity contribution is 7.89. The van der Waals surface area contributed by atoms with E-state index < -0.39 is 16.0 Å². The number of carbonyl (C=O) groups is 1. The lowest BCUT2D eigenvalue weighted by atomic mass is 10.3. The Labute approximate surface area is 103 Å². The van der Waals surface area contributed by atoms with E-state index in [0.717, 1.165) is 0 Å². The lowest BCUT2D eigenvalue weighted by Gasteiger charge is -2.07. The van der Waals surface area contributed by atoms with Gasteiger partial charge >= 0.3 is 5.97 Å². The Bertz CT molecular complexity index is 528. The van der Waals surface area contributed by atoms with Gasteiger partial charge in [0.2, 0.25) is 10.0 Å². The molecule has 0 aliphatic rings. The summed E-state index contributed by atoms with van der Waals surface area (Å²) in [6.07, 6.45) is -0.158. The molecule has 8 heteroatoms. The number of carboxylic acids is 1. The first-order valence-electron chi connectivity index (χ1n) is 4.47. The van der Waals surface area contributed by atoms with Crippen LogP contribution < -0.4 is 9.88 Å². The van der Waals surface area contributed by atoms with Gasteiger partial charge in [-0.3, -0.25) is 4.79 Å². The minimum atomic E-state index is -3.87. The molecule has 0 amide bonds. The number of halogens is 1. The van der Waals surface area contributed by atoms with E-state index in [0.29, 0.717) is 0 Å². The molecule has 0 aliphatic carbocycles. The molecule has 0 aliphatic heterocycles. The zero-order valence-corrected chi connectivity index (χ0v) is 10.2. The third-order valence-corrected chi connectivity index (χ3v) is 3.19. The van der Waals surface area contributed by atoms with Crippen LogP contribution in [0.4, 0.5) is 0 Å². The summed E-state index contributed by atoms with van der Waals surface area (Å²) < 4.78 is 27.2. The second-order valence-corrected chi connectivity index (χ2v) is 5.07. The van der Waals surface area contributed by atoms with E-state index in [-0.39, 0.29) is 28.7 Å². The number of rotatable bonds is 5. The molecule has 1 aromatic rings. The van der Waals surface area contributed by atoms with Crippen molar-refractivity contribution in [3.8, 4) is 5.75 Å². The van der Waals surface area contributed by atoms with Crippen LogP contribution in [0.1, 0.15) is 6.42 Å². The molecule has 0 spiro atoms. The molecular formula is C9H10ClNO5S. The molecule has 0 heterocycles. The third-order valence-electron chi connectivity index (χ3n) is 1.79. The number of hydrogen-bond acceptors (Lipinski definition) is 4. The van der Waals surface area contributed by atoms with Crippen LogP contribution >= 0.6 is 11.6 Å². The first-order chi connectivity index (χ1) is 7.80. The van der Waals surface area contributed by atoms with Gasteiger partial charge in [-0.1, -0.05) is 11.6 Å². The Morgan fingerprint density at radius 2 is 2.12 bits per heavy atom. The maximum Gasteiger partial charge on any atom is 0.306 e. The second-order valence-electron chi connectivity index (χ2n) is 3.13. The van der Waals surface area contributed by atoms with Crippen molar-refractivity contribution >= 4 is 27.6 Å². The van der Waals surface area contributed by atoms with Crippen molar-refractivity contribution in [2.75, 3.05) is 6.61 Å². The second kappa shape index (κ2) is 5.35. The minimum Gasteiger partial charge on any atom is -0.493 e. The summed E-state index contributed by atoms with van der Waals surface area (Å²) in [5.41, 5.74) is 0. The highest BCUT2D eigenvalue weighted by Gasteiger charge is 2.13. The standard InChI is InChI=1S/C9H10ClNO5S/c10-7-5-6(16-4-3-9(12)13)1-2-8(7)17(11,14)15/h1-2,5H,3-4H2,(H,12,13)(H2,11,14,15). The molecule has 0 radical (unpaired) electrons. The van der Waals surface area contributed by atoms with Gasteiger partial charge in [-0.2, -0.15) is 0 Å². The molecule has 17 heavy (non-hydrogen) atoms. The van der Waals surface area contributed by atoms with E-state index in [2.05, 4.69) is 0 Å². The molecule has 0 bridgehead atoms. The minimum absolute atomic E-state index is 0.0274.